The number of carbonyl (C=O) groups excluding carboxylic acids is 3. The van der Waals surface area contributed by atoms with Crippen LogP contribution in [0, 0.1) is 11.8 Å². The third-order valence-electron chi connectivity index (χ3n) is 7.92. The average molecular weight is 583 g/mol. The molecule has 6 nitrogen and oxygen atoms in total. The van der Waals surface area contributed by atoms with Crippen LogP contribution in [0.2, 0.25) is 0 Å². The zero-order valence-corrected chi connectivity index (χ0v) is 27.7. The van der Waals surface area contributed by atoms with Gasteiger partial charge in [0.2, 0.25) is 0 Å². The Morgan fingerprint density at radius 3 is 1.39 bits per heavy atom. The number of ether oxygens (including phenoxy) is 3. The molecule has 0 saturated carbocycles. The predicted octanol–water partition coefficient (Wildman–Crippen LogP) is 9.90. The standard InChI is InChI=1S/C35H66O6/c1-6-11-16-21-26-33(36)40-29-32(41-35(38)31(24-19-14-9-4)25-20-15-10-5)27-28-39-34(37)30(22-17-12-7-2)23-18-13-8-3/h30-32H,6-29H2,1-5H3. The van der Waals surface area contributed by atoms with Crippen LogP contribution in [0.1, 0.15) is 176 Å². The first kappa shape index (κ1) is 39.4. The molecular formula is C35H66O6. The lowest BCUT2D eigenvalue weighted by Gasteiger charge is -2.23. The topological polar surface area (TPSA) is 78.9 Å². The van der Waals surface area contributed by atoms with E-state index in [1.807, 2.05) is 0 Å². The van der Waals surface area contributed by atoms with Gasteiger partial charge in [-0.3, -0.25) is 14.4 Å². The predicted molar refractivity (Wildman–Crippen MR) is 169 cm³/mol. The lowest BCUT2D eigenvalue weighted by Crippen LogP contribution is -2.31. The fraction of sp³-hybridized carbons (Fsp3) is 0.914. The van der Waals surface area contributed by atoms with Crippen LogP contribution in [0.5, 0.6) is 0 Å². The third kappa shape index (κ3) is 22.7. The summed E-state index contributed by atoms with van der Waals surface area (Å²) in [5.74, 6) is -0.814. The van der Waals surface area contributed by atoms with E-state index >= 15 is 0 Å². The molecule has 242 valence electrons. The van der Waals surface area contributed by atoms with E-state index in [-0.39, 0.29) is 43.0 Å². The van der Waals surface area contributed by atoms with Crippen molar-refractivity contribution in [1.29, 1.82) is 0 Å². The number of carbonyl (C=O) groups is 3. The number of hydrogen-bond donors (Lipinski definition) is 0. The van der Waals surface area contributed by atoms with Gasteiger partial charge in [0.05, 0.1) is 18.4 Å². The Hall–Kier alpha value is -1.59. The normalized spacial score (nSPS) is 12.1. The molecule has 0 rings (SSSR count). The van der Waals surface area contributed by atoms with Crippen molar-refractivity contribution in [3.8, 4) is 0 Å². The van der Waals surface area contributed by atoms with Crippen molar-refractivity contribution >= 4 is 17.9 Å². The third-order valence-corrected chi connectivity index (χ3v) is 7.92. The highest BCUT2D eigenvalue weighted by molar-refractivity contribution is 5.73. The number of hydrogen-bond acceptors (Lipinski definition) is 6. The van der Waals surface area contributed by atoms with Crippen LogP contribution in [-0.2, 0) is 28.6 Å². The van der Waals surface area contributed by atoms with E-state index in [9.17, 15) is 14.4 Å². The molecule has 1 unspecified atom stereocenters. The van der Waals surface area contributed by atoms with Crippen molar-refractivity contribution in [2.45, 2.75) is 182 Å². The molecule has 0 aromatic rings. The second kappa shape index (κ2) is 28.5. The van der Waals surface area contributed by atoms with E-state index in [1.54, 1.807) is 0 Å². The molecule has 0 aromatic heterocycles. The van der Waals surface area contributed by atoms with Gasteiger partial charge in [0.15, 0.2) is 0 Å². The quantitative estimate of drug-likeness (QED) is 0.0496. The Balaban J connectivity index is 5.18. The molecule has 1 atom stereocenters. The molecule has 0 aliphatic heterocycles. The van der Waals surface area contributed by atoms with Gasteiger partial charge in [-0.25, -0.2) is 0 Å². The first-order chi connectivity index (χ1) is 19.9. The van der Waals surface area contributed by atoms with Crippen LogP contribution in [0.15, 0.2) is 0 Å². The monoisotopic (exact) mass is 582 g/mol. The van der Waals surface area contributed by atoms with Crippen molar-refractivity contribution in [1.82, 2.24) is 0 Å². The maximum Gasteiger partial charge on any atom is 0.309 e. The summed E-state index contributed by atoms with van der Waals surface area (Å²) >= 11 is 0. The molecule has 41 heavy (non-hydrogen) atoms. The van der Waals surface area contributed by atoms with Crippen LogP contribution in [0.3, 0.4) is 0 Å². The van der Waals surface area contributed by atoms with Crippen molar-refractivity contribution in [2.75, 3.05) is 13.2 Å². The molecular weight excluding hydrogens is 516 g/mol. The minimum Gasteiger partial charge on any atom is -0.465 e. The van der Waals surface area contributed by atoms with Gasteiger partial charge in [0.1, 0.15) is 12.7 Å². The largest absolute Gasteiger partial charge is 0.465 e. The summed E-state index contributed by atoms with van der Waals surface area (Å²) in [6.45, 7) is 11.0. The van der Waals surface area contributed by atoms with E-state index in [0.29, 0.717) is 12.8 Å². The van der Waals surface area contributed by atoms with Crippen LogP contribution in [-0.4, -0.2) is 37.2 Å². The zero-order chi connectivity index (χ0) is 30.6. The molecule has 0 fully saturated rings. The van der Waals surface area contributed by atoms with Gasteiger partial charge in [0.25, 0.3) is 0 Å². The minimum absolute atomic E-state index is 0.0168. The van der Waals surface area contributed by atoms with Crippen molar-refractivity contribution in [2.24, 2.45) is 11.8 Å². The highest BCUT2D eigenvalue weighted by atomic mass is 16.6. The van der Waals surface area contributed by atoms with Crippen LogP contribution in [0.25, 0.3) is 0 Å². The Morgan fingerprint density at radius 2 is 0.927 bits per heavy atom. The van der Waals surface area contributed by atoms with Crippen LogP contribution < -0.4 is 0 Å². The van der Waals surface area contributed by atoms with E-state index < -0.39 is 6.10 Å². The molecule has 0 radical (unpaired) electrons. The van der Waals surface area contributed by atoms with Gasteiger partial charge in [0, 0.05) is 12.8 Å². The number of unbranched alkanes of at least 4 members (excludes halogenated alkanes) is 11. The molecule has 0 aromatic carbocycles. The van der Waals surface area contributed by atoms with E-state index in [1.165, 1.54) is 0 Å². The fourth-order valence-electron chi connectivity index (χ4n) is 5.12. The van der Waals surface area contributed by atoms with Gasteiger partial charge in [-0.05, 0) is 32.1 Å². The lowest BCUT2D eigenvalue weighted by molar-refractivity contribution is -0.165. The second-order valence-electron chi connectivity index (χ2n) is 11.9. The highest BCUT2D eigenvalue weighted by Crippen LogP contribution is 2.22. The van der Waals surface area contributed by atoms with E-state index in [0.717, 1.165) is 128 Å². The van der Waals surface area contributed by atoms with Crippen molar-refractivity contribution in [3.05, 3.63) is 0 Å². The maximum absolute atomic E-state index is 13.3. The second-order valence-corrected chi connectivity index (χ2v) is 11.9. The summed E-state index contributed by atoms with van der Waals surface area (Å²) in [7, 11) is 0. The molecule has 0 bridgehead atoms. The summed E-state index contributed by atoms with van der Waals surface area (Å²) in [5, 5.41) is 0. The highest BCUT2D eigenvalue weighted by Gasteiger charge is 2.25. The van der Waals surface area contributed by atoms with Crippen LogP contribution >= 0.6 is 0 Å². The minimum atomic E-state index is -0.603. The first-order valence-corrected chi connectivity index (χ1v) is 17.5. The molecule has 0 spiro atoms. The first-order valence-electron chi connectivity index (χ1n) is 17.5. The molecule has 0 aliphatic carbocycles. The molecule has 0 aliphatic rings. The van der Waals surface area contributed by atoms with Gasteiger partial charge in [-0.2, -0.15) is 0 Å². The fourth-order valence-corrected chi connectivity index (χ4v) is 5.12. The summed E-state index contributed by atoms with van der Waals surface area (Å²) < 4.78 is 17.2. The SMILES string of the molecule is CCCCCCC(=O)OCC(CCOC(=O)C(CCCCC)CCCCC)OC(=O)C(CCCCC)CCCCC. The maximum atomic E-state index is 13.3. The van der Waals surface area contributed by atoms with Crippen molar-refractivity contribution < 1.29 is 28.6 Å². The summed E-state index contributed by atoms with van der Waals surface area (Å²) in [4.78, 5) is 38.6. The summed E-state index contributed by atoms with van der Waals surface area (Å²) in [5.41, 5.74) is 0. The van der Waals surface area contributed by atoms with Crippen LogP contribution in [0.4, 0.5) is 0 Å². The Bertz CT molecular complexity index is 614. The van der Waals surface area contributed by atoms with Crippen molar-refractivity contribution in [3.63, 3.8) is 0 Å². The number of rotatable bonds is 29. The van der Waals surface area contributed by atoms with Gasteiger partial charge >= 0.3 is 17.9 Å². The molecule has 6 heteroatoms. The average Bonchev–Trinajstić information content (AvgIpc) is 2.96. The zero-order valence-electron chi connectivity index (χ0n) is 27.7. The summed E-state index contributed by atoms with van der Waals surface area (Å²) in [6.07, 6.45) is 20.5. The molecule has 0 amide bonds. The van der Waals surface area contributed by atoms with E-state index in [4.69, 9.17) is 14.2 Å². The molecule has 0 saturated heterocycles. The Labute approximate surface area is 253 Å². The molecule has 0 heterocycles. The van der Waals surface area contributed by atoms with E-state index in [2.05, 4.69) is 34.6 Å². The van der Waals surface area contributed by atoms with Gasteiger partial charge in [-0.15, -0.1) is 0 Å². The molecule has 0 N–H and O–H groups in total. The van der Waals surface area contributed by atoms with Gasteiger partial charge < -0.3 is 14.2 Å². The summed E-state index contributed by atoms with van der Waals surface area (Å²) in [6, 6.07) is 0. The lowest BCUT2D eigenvalue weighted by atomic mass is 9.95. The van der Waals surface area contributed by atoms with Gasteiger partial charge in [-0.1, -0.05) is 131 Å². The Kier molecular flexibility index (Phi) is 27.4. The smallest absolute Gasteiger partial charge is 0.309 e. The Morgan fingerprint density at radius 1 is 0.488 bits per heavy atom. The number of esters is 3.